The van der Waals surface area contributed by atoms with E-state index >= 15 is 0 Å². The Morgan fingerprint density at radius 2 is 2.37 bits per heavy atom. The van der Waals surface area contributed by atoms with Crippen molar-refractivity contribution in [2.24, 2.45) is 5.92 Å². The molecule has 106 valence electrons. The number of halogens is 1. The molecule has 0 saturated heterocycles. The van der Waals surface area contributed by atoms with Crippen molar-refractivity contribution >= 4 is 0 Å². The van der Waals surface area contributed by atoms with Crippen molar-refractivity contribution in [1.29, 1.82) is 0 Å². The van der Waals surface area contributed by atoms with Crippen molar-refractivity contribution in [2.45, 2.75) is 51.2 Å². The first kappa shape index (κ1) is 14.4. The van der Waals surface area contributed by atoms with Gasteiger partial charge in [0.25, 0.3) is 0 Å². The van der Waals surface area contributed by atoms with E-state index in [1.165, 1.54) is 18.7 Å². The first-order valence-electron chi connectivity index (χ1n) is 7.05. The lowest BCUT2D eigenvalue weighted by molar-refractivity contribution is -0.0134. The number of nitrogens with one attached hydrogen (secondary N) is 1. The van der Waals surface area contributed by atoms with Gasteiger partial charge in [0, 0.05) is 18.8 Å². The third-order valence-corrected chi connectivity index (χ3v) is 4.03. The van der Waals surface area contributed by atoms with Crippen LogP contribution in [0.2, 0.25) is 0 Å². The zero-order chi connectivity index (χ0) is 13.9. The average molecular weight is 266 g/mol. The summed E-state index contributed by atoms with van der Waals surface area (Å²) in [6.07, 6.45) is 6.83. The SMILES string of the molecule is CC1CCCC(O)(CNC(C)c2cncc(F)c2)C1. The maximum atomic E-state index is 13.1. The fourth-order valence-corrected chi connectivity index (χ4v) is 2.92. The number of nitrogens with zero attached hydrogens (tertiary/aromatic N) is 1. The number of aromatic nitrogens is 1. The Morgan fingerprint density at radius 3 is 3.05 bits per heavy atom. The normalized spacial score (nSPS) is 29.2. The predicted molar refractivity (Wildman–Crippen MR) is 73.2 cm³/mol. The topological polar surface area (TPSA) is 45.1 Å². The second-order valence-corrected chi connectivity index (χ2v) is 5.96. The molecule has 4 heteroatoms. The largest absolute Gasteiger partial charge is 0.389 e. The number of hydrogen-bond acceptors (Lipinski definition) is 3. The molecule has 3 nitrogen and oxygen atoms in total. The molecular formula is C15H23FN2O. The number of rotatable bonds is 4. The highest BCUT2D eigenvalue weighted by molar-refractivity contribution is 5.14. The molecule has 3 atom stereocenters. The van der Waals surface area contributed by atoms with Crippen LogP contribution < -0.4 is 5.32 Å². The van der Waals surface area contributed by atoms with Gasteiger partial charge in [-0.15, -0.1) is 0 Å². The van der Waals surface area contributed by atoms with Gasteiger partial charge < -0.3 is 10.4 Å². The fourth-order valence-electron chi connectivity index (χ4n) is 2.92. The van der Waals surface area contributed by atoms with E-state index in [1.807, 2.05) is 6.92 Å². The van der Waals surface area contributed by atoms with Crippen LogP contribution in [0, 0.1) is 11.7 Å². The van der Waals surface area contributed by atoms with Crippen LogP contribution in [-0.4, -0.2) is 22.2 Å². The van der Waals surface area contributed by atoms with Gasteiger partial charge in [-0.2, -0.15) is 0 Å². The highest BCUT2D eigenvalue weighted by Crippen LogP contribution is 2.32. The summed E-state index contributed by atoms with van der Waals surface area (Å²) in [7, 11) is 0. The Morgan fingerprint density at radius 1 is 1.58 bits per heavy atom. The zero-order valence-corrected chi connectivity index (χ0v) is 11.7. The Labute approximate surface area is 114 Å². The maximum Gasteiger partial charge on any atom is 0.141 e. The van der Waals surface area contributed by atoms with Crippen molar-refractivity contribution in [3.05, 3.63) is 29.8 Å². The fraction of sp³-hybridized carbons (Fsp3) is 0.667. The lowest BCUT2D eigenvalue weighted by Crippen LogP contribution is -2.44. The van der Waals surface area contributed by atoms with Gasteiger partial charge >= 0.3 is 0 Å². The average Bonchev–Trinajstić information content (AvgIpc) is 2.36. The van der Waals surface area contributed by atoms with E-state index in [-0.39, 0.29) is 11.9 Å². The molecule has 0 radical (unpaired) electrons. The maximum absolute atomic E-state index is 13.1. The Balaban J connectivity index is 1.91. The van der Waals surface area contributed by atoms with Crippen molar-refractivity contribution in [3.8, 4) is 0 Å². The number of aliphatic hydroxyl groups is 1. The molecule has 1 fully saturated rings. The van der Waals surface area contributed by atoms with Crippen LogP contribution in [0.3, 0.4) is 0 Å². The molecule has 0 amide bonds. The Kier molecular flexibility index (Phi) is 4.53. The van der Waals surface area contributed by atoms with Crippen LogP contribution in [-0.2, 0) is 0 Å². The molecule has 1 heterocycles. The molecule has 0 spiro atoms. The van der Waals surface area contributed by atoms with E-state index in [2.05, 4.69) is 17.2 Å². The molecule has 0 bridgehead atoms. The van der Waals surface area contributed by atoms with Gasteiger partial charge in [0.15, 0.2) is 0 Å². The molecule has 1 aliphatic carbocycles. The summed E-state index contributed by atoms with van der Waals surface area (Å²) in [5, 5.41) is 13.8. The van der Waals surface area contributed by atoms with Crippen LogP contribution in [0.5, 0.6) is 0 Å². The van der Waals surface area contributed by atoms with Crippen LogP contribution in [0.4, 0.5) is 4.39 Å². The van der Waals surface area contributed by atoms with Crippen LogP contribution >= 0.6 is 0 Å². The molecule has 1 aromatic heterocycles. The van der Waals surface area contributed by atoms with Crippen molar-refractivity contribution < 1.29 is 9.50 Å². The van der Waals surface area contributed by atoms with E-state index in [0.717, 1.165) is 24.8 Å². The minimum atomic E-state index is -0.618. The van der Waals surface area contributed by atoms with Crippen molar-refractivity contribution in [1.82, 2.24) is 10.3 Å². The van der Waals surface area contributed by atoms with Gasteiger partial charge in [-0.3, -0.25) is 4.98 Å². The summed E-state index contributed by atoms with van der Waals surface area (Å²) < 4.78 is 13.1. The van der Waals surface area contributed by atoms with E-state index < -0.39 is 5.60 Å². The summed E-state index contributed by atoms with van der Waals surface area (Å²) in [5.74, 6) is 0.253. The molecule has 3 unspecified atom stereocenters. The second kappa shape index (κ2) is 5.97. The molecule has 2 N–H and O–H groups in total. The second-order valence-electron chi connectivity index (χ2n) is 5.96. The Hall–Kier alpha value is -1.00. The monoisotopic (exact) mass is 266 g/mol. The van der Waals surface area contributed by atoms with Gasteiger partial charge in [-0.25, -0.2) is 4.39 Å². The zero-order valence-electron chi connectivity index (χ0n) is 11.7. The van der Waals surface area contributed by atoms with Crippen molar-refractivity contribution in [3.63, 3.8) is 0 Å². The minimum absolute atomic E-state index is 0.00976. The van der Waals surface area contributed by atoms with Crippen LogP contribution in [0.25, 0.3) is 0 Å². The minimum Gasteiger partial charge on any atom is -0.389 e. The number of pyridine rings is 1. The third kappa shape index (κ3) is 3.98. The molecule has 1 saturated carbocycles. The summed E-state index contributed by atoms with van der Waals surface area (Å²) >= 11 is 0. The Bertz CT molecular complexity index is 426. The van der Waals surface area contributed by atoms with Crippen LogP contribution in [0.15, 0.2) is 18.5 Å². The summed E-state index contributed by atoms with van der Waals surface area (Å²) in [6, 6.07) is 1.47. The molecule has 2 rings (SSSR count). The van der Waals surface area contributed by atoms with E-state index in [9.17, 15) is 9.50 Å². The molecule has 0 aromatic carbocycles. The smallest absolute Gasteiger partial charge is 0.141 e. The molecule has 1 aromatic rings. The van der Waals surface area contributed by atoms with E-state index in [1.54, 1.807) is 6.20 Å². The van der Waals surface area contributed by atoms with Crippen molar-refractivity contribution in [2.75, 3.05) is 6.54 Å². The highest BCUT2D eigenvalue weighted by atomic mass is 19.1. The molecule has 0 aliphatic heterocycles. The lowest BCUT2D eigenvalue weighted by atomic mass is 9.79. The number of hydrogen-bond donors (Lipinski definition) is 2. The van der Waals surface area contributed by atoms with E-state index in [4.69, 9.17) is 0 Å². The summed E-state index contributed by atoms with van der Waals surface area (Å²) in [4.78, 5) is 3.85. The van der Waals surface area contributed by atoms with Gasteiger partial charge in [-0.1, -0.05) is 19.8 Å². The predicted octanol–water partition coefficient (Wildman–Crippen LogP) is 2.81. The first-order valence-corrected chi connectivity index (χ1v) is 7.05. The molecular weight excluding hydrogens is 243 g/mol. The summed E-state index contributed by atoms with van der Waals surface area (Å²) in [6.45, 7) is 4.70. The quantitative estimate of drug-likeness (QED) is 0.881. The molecule has 19 heavy (non-hydrogen) atoms. The van der Waals surface area contributed by atoms with Crippen LogP contribution in [0.1, 0.15) is 51.1 Å². The van der Waals surface area contributed by atoms with Gasteiger partial charge in [0.1, 0.15) is 5.82 Å². The molecule has 1 aliphatic rings. The first-order chi connectivity index (χ1) is 8.98. The lowest BCUT2D eigenvalue weighted by Gasteiger charge is -2.36. The van der Waals surface area contributed by atoms with Gasteiger partial charge in [-0.05, 0) is 37.3 Å². The van der Waals surface area contributed by atoms with Gasteiger partial charge in [0.05, 0.1) is 11.8 Å². The highest BCUT2D eigenvalue weighted by Gasteiger charge is 2.32. The standard InChI is InChI=1S/C15H23FN2O/c1-11-4-3-5-15(19,7-11)10-18-12(2)13-6-14(16)9-17-8-13/h6,8-9,11-12,18-19H,3-5,7,10H2,1-2H3. The summed E-state index contributed by atoms with van der Waals surface area (Å²) in [5.41, 5.74) is 0.194. The third-order valence-electron chi connectivity index (χ3n) is 4.03. The van der Waals surface area contributed by atoms with Gasteiger partial charge in [0.2, 0.25) is 0 Å². The van der Waals surface area contributed by atoms with E-state index in [0.29, 0.717) is 12.5 Å².